The highest BCUT2D eigenvalue weighted by Crippen LogP contribution is 2.28. The van der Waals surface area contributed by atoms with E-state index >= 15 is 0 Å². The van der Waals surface area contributed by atoms with Gasteiger partial charge in [0.2, 0.25) is 0 Å². The summed E-state index contributed by atoms with van der Waals surface area (Å²) in [6.07, 6.45) is 16.2. The zero-order chi connectivity index (χ0) is 26.5. The van der Waals surface area contributed by atoms with Crippen LogP contribution in [0.15, 0.2) is 0 Å². The van der Waals surface area contributed by atoms with Crippen LogP contribution in [0.1, 0.15) is 77.0 Å². The van der Waals surface area contributed by atoms with Crippen LogP contribution in [0.2, 0.25) is 78.1 Å². The van der Waals surface area contributed by atoms with E-state index < -0.39 is 42.3 Å². The minimum absolute atomic E-state index is 1.10. The monoisotopic (exact) mass is 565 g/mol. The van der Waals surface area contributed by atoms with E-state index in [0.29, 0.717) is 0 Å². The van der Waals surface area contributed by atoms with E-state index in [1.54, 1.807) is 0 Å². The third-order valence-electron chi connectivity index (χ3n) is 5.59. The molecule has 4 nitrogen and oxygen atoms in total. The molecule has 0 atom stereocenters. The highest BCUT2D eigenvalue weighted by molar-refractivity contribution is 6.90. The molecule has 0 fully saturated rings. The van der Waals surface area contributed by atoms with E-state index in [4.69, 9.17) is 16.5 Å². The zero-order valence-corrected chi connectivity index (χ0v) is 30.0. The molecular weight excluding hydrogens is 505 g/mol. The van der Waals surface area contributed by atoms with Gasteiger partial charge in [0.25, 0.3) is 0 Å². The van der Waals surface area contributed by atoms with Gasteiger partial charge in [0.05, 0.1) is 0 Å². The lowest BCUT2D eigenvalue weighted by Crippen LogP contribution is -2.58. The molecule has 0 rings (SSSR count). The van der Waals surface area contributed by atoms with Crippen LogP contribution in [0.4, 0.5) is 0 Å². The van der Waals surface area contributed by atoms with Gasteiger partial charge < -0.3 is 16.5 Å². The first-order valence-electron chi connectivity index (χ1n) is 14.0. The Morgan fingerprint density at radius 2 is 0.735 bits per heavy atom. The quantitative estimate of drug-likeness (QED) is 0.102. The second-order valence-electron chi connectivity index (χ2n) is 13.0. The third kappa shape index (κ3) is 21.1. The van der Waals surface area contributed by atoms with Crippen molar-refractivity contribution in [3.05, 3.63) is 6.92 Å². The Balaban J connectivity index is 4.25. The molecule has 0 aromatic carbocycles. The third-order valence-corrected chi connectivity index (χ3v) is 23.6. The number of hydrogen-bond donors (Lipinski definition) is 0. The van der Waals surface area contributed by atoms with Crippen LogP contribution in [0.25, 0.3) is 0 Å². The van der Waals surface area contributed by atoms with Crippen molar-refractivity contribution >= 4 is 42.3 Å². The Morgan fingerprint density at radius 1 is 0.412 bits per heavy atom. The van der Waals surface area contributed by atoms with Gasteiger partial charge in [-0.05, 0) is 78.1 Å². The van der Waals surface area contributed by atoms with Gasteiger partial charge in [-0.25, -0.2) is 0 Å². The summed E-state index contributed by atoms with van der Waals surface area (Å²) in [5, 5.41) is 0. The first-order chi connectivity index (χ1) is 15.4. The van der Waals surface area contributed by atoms with Gasteiger partial charge >= 0.3 is 25.7 Å². The maximum atomic E-state index is 6.77. The normalized spacial score (nSPS) is 14.1. The van der Waals surface area contributed by atoms with Crippen molar-refractivity contribution in [3.63, 3.8) is 0 Å². The van der Waals surface area contributed by atoms with Gasteiger partial charge in [0, 0.05) is 0 Å². The van der Waals surface area contributed by atoms with E-state index in [1.807, 2.05) is 0 Å². The van der Waals surface area contributed by atoms with Crippen LogP contribution in [-0.2, 0) is 16.5 Å². The van der Waals surface area contributed by atoms with E-state index in [-0.39, 0.29) is 0 Å². The van der Waals surface area contributed by atoms with Crippen molar-refractivity contribution in [1.82, 2.24) is 0 Å². The second-order valence-corrected chi connectivity index (χ2v) is 32.9. The van der Waals surface area contributed by atoms with Crippen LogP contribution >= 0.6 is 0 Å². The van der Waals surface area contributed by atoms with Crippen LogP contribution < -0.4 is 0 Å². The molecule has 9 heteroatoms. The molecule has 0 heterocycles. The summed E-state index contributed by atoms with van der Waals surface area (Å²) in [5.74, 6) is 0. The predicted octanol–water partition coefficient (Wildman–Crippen LogP) is 9.71. The standard InChI is InChI=1S/C25H61O4Si5/c1-13-14-15-16-17-18-19-20-21-22-23-24-25-31(5,6)27-33(9,10)29-34(11,12)28-32(7,8)26-30(2,3)4/h1,13-25H2,2-12H3. The highest BCUT2D eigenvalue weighted by Gasteiger charge is 2.44. The van der Waals surface area contributed by atoms with E-state index in [0.717, 1.165) is 6.42 Å². The van der Waals surface area contributed by atoms with Gasteiger partial charge in [-0.15, -0.1) is 0 Å². The summed E-state index contributed by atoms with van der Waals surface area (Å²) in [6.45, 7) is 28.4. The van der Waals surface area contributed by atoms with Crippen molar-refractivity contribution in [1.29, 1.82) is 0 Å². The fourth-order valence-electron chi connectivity index (χ4n) is 5.02. The second kappa shape index (κ2) is 16.0. The fourth-order valence-corrected chi connectivity index (χ4v) is 28.8. The molecule has 0 bridgehead atoms. The Morgan fingerprint density at radius 3 is 1.12 bits per heavy atom. The lowest BCUT2D eigenvalue weighted by molar-refractivity contribution is 0.299. The molecule has 0 saturated carbocycles. The molecule has 0 aliphatic rings. The maximum Gasteiger partial charge on any atom is 0.314 e. The minimum Gasteiger partial charge on any atom is -0.437 e. The Bertz CT molecular complexity index is 534. The lowest BCUT2D eigenvalue weighted by atomic mass is 10.1. The Labute approximate surface area is 220 Å². The molecule has 205 valence electrons. The molecule has 0 saturated heterocycles. The van der Waals surface area contributed by atoms with Gasteiger partial charge in [-0.2, -0.15) is 0 Å². The van der Waals surface area contributed by atoms with Gasteiger partial charge in [0.1, 0.15) is 0 Å². The van der Waals surface area contributed by atoms with Crippen molar-refractivity contribution < 1.29 is 16.5 Å². The first kappa shape index (κ1) is 34.9. The molecule has 1 radical (unpaired) electrons. The number of rotatable bonds is 21. The van der Waals surface area contributed by atoms with E-state index in [9.17, 15) is 0 Å². The van der Waals surface area contributed by atoms with Crippen molar-refractivity contribution in [2.45, 2.75) is 155 Å². The maximum absolute atomic E-state index is 6.77. The molecule has 0 aromatic heterocycles. The fraction of sp³-hybridized carbons (Fsp3) is 0.960. The van der Waals surface area contributed by atoms with Gasteiger partial charge in [-0.1, -0.05) is 84.0 Å². The topological polar surface area (TPSA) is 36.9 Å². The lowest BCUT2D eigenvalue weighted by Gasteiger charge is -2.42. The van der Waals surface area contributed by atoms with Crippen molar-refractivity contribution in [3.8, 4) is 0 Å². The van der Waals surface area contributed by atoms with E-state index in [2.05, 4.69) is 78.9 Å². The highest BCUT2D eigenvalue weighted by atomic mass is 28.5. The van der Waals surface area contributed by atoms with Gasteiger partial charge in [-0.3, -0.25) is 0 Å². The smallest absolute Gasteiger partial charge is 0.314 e. The van der Waals surface area contributed by atoms with Crippen molar-refractivity contribution in [2.24, 2.45) is 0 Å². The summed E-state index contributed by atoms with van der Waals surface area (Å²) in [4.78, 5) is 0. The van der Waals surface area contributed by atoms with Crippen LogP contribution in [0, 0.1) is 6.92 Å². The number of hydrogen-bond acceptors (Lipinski definition) is 4. The molecular formula is C25H61O4Si5. The van der Waals surface area contributed by atoms with E-state index in [1.165, 1.54) is 76.7 Å². The molecule has 0 spiro atoms. The molecule has 0 aromatic rings. The zero-order valence-electron chi connectivity index (χ0n) is 25.0. The molecule has 0 aliphatic carbocycles. The number of unbranched alkanes of at least 4 members (excludes halogenated alkanes) is 11. The largest absolute Gasteiger partial charge is 0.437 e. The SMILES string of the molecule is [CH2]CCCCCCCCCCCCC[Si](C)(C)O[Si](C)(C)O[Si](C)(C)O[Si](C)(C)O[Si](C)(C)C. The summed E-state index contributed by atoms with van der Waals surface area (Å²) >= 11 is 0. The first-order valence-corrected chi connectivity index (χ1v) is 29.0. The molecule has 0 unspecified atom stereocenters. The summed E-state index contributed by atoms with van der Waals surface area (Å²) in [5.41, 5.74) is 0. The Kier molecular flexibility index (Phi) is 16.4. The molecule has 0 N–H and O–H groups in total. The van der Waals surface area contributed by atoms with Crippen LogP contribution in [-0.4, -0.2) is 42.3 Å². The van der Waals surface area contributed by atoms with Crippen LogP contribution in [0.3, 0.4) is 0 Å². The van der Waals surface area contributed by atoms with Crippen molar-refractivity contribution in [2.75, 3.05) is 0 Å². The predicted molar refractivity (Wildman–Crippen MR) is 163 cm³/mol. The van der Waals surface area contributed by atoms with Crippen LogP contribution in [0.5, 0.6) is 0 Å². The summed E-state index contributed by atoms with van der Waals surface area (Å²) in [6, 6.07) is 1.22. The average molecular weight is 566 g/mol. The summed E-state index contributed by atoms with van der Waals surface area (Å²) in [7, 11) is -10.2. The minimum atomic E-state index is -2.33. The summed E-state index contributed by atoms with van der Waals surface area (Å²) < 4.78 is 26.4. The molecule has 0 aliphatic heterocycles. The van der Waals surface area contributed by atoms with Gasteiger partial charge in [0.15, 0.2) is 16.6 Å². The average Bonchev–Trinajstić information content (AvgIpc) is 2.57. The Hall–Kier alpha value is 0.924. The molecule has 34 heavy (non-hydrogen) atoms. The molecule has 0 amide bonds.